The molecule has 0 spiro atoms. The molecule has 9 atom stereocenters. The van der Waals surface area contributed by atoms with Gasteiger partial charge in [0.05, 0.1) is 18.3 Å². The smallest absolute Gasteiger partial charge is 0.0692 e. The van der Waals surface area contributed by atoms with E-state index in [9.17, 15) is 5.11 Å². The molecule has 0 aromatic rings. The number of aliphatic hydroxyl groups is 1. The number of hydrogen-bond acceptors (Lipinski definition) is 2. The number of aliphatic hydroxyl groups excluding tert-OH is 1. The summed E-state index contributed by atoms with van der Waals surface area (Å²) in [6, 6.07) is 0. The predicted octanol–water partition coefficient (Wildman–Crippen LogP) is 7.55. The summed E-state index contributed by atoms with van der Waals surface area (Å²) in [7, 11) is 0. The van der Waals surface area contributed by atoms with Gasteiger partial charge in [-0.05, 0) is 123 Å². The lowest BCUT2D eigenvalue weighted by Crippen LogP contribution is -2.64. The Hall–Kier alpha value is -0.340. The fourth-order valence-corrected chi connectivity index (χ4v) is 10.8. The summed E-state index contributed by atoms with van der Waals surface area (Å²) in [6.45, 7) is 18.3. The molecule has 0 unspecified atom stereocenters. The number of ether oxygens (including phenoxy) is 1. The molecule has 0 bridgehead atoms. The highest BCUT2D eigenvalue weighted by atomic mass is 16.5. The molecular formula is C30H50O2. The molecule has 0 saturated heterocycles. The summed E-state index contributed by atoms with van der Waals surface area (Å²) in [6.07, 6.45) is 15.0. The van der Waals surface area contributed by atoms with E-state index in [0.29, 0.717) is 28.1 Å². The zero-order valence-electron chi connectivity index (χ0n) is 22.1. The topological polar surface area (TPSA) is 29.5 Å². The molecule has 2 heteroatoms. The molecule has 1 aliphatic heterocycles. The predicted molar refractivity (Wildman–Crippen MR) is 132 cm³/mol. The number of hydrogen-bond donors (Lipinski definition) is 1. The van der Waals surface area contributed by atoms with Crippen molar-refractivity contribution in [3.8, 4) is 0 Å². The van der Waals surface area contributed by atoms with Crippen LogP contribution >= 0.6 is 0 Å². The largest absolute Gasteiger partial charge is 0.393 e. The molecule has 2 nitrogen and oxygen atoms in total. The summed E-state index contributed by atoms with van der Waals surface area (Å²) < 4.78 is 6.70. The van der Waals surface area contributed by atoms with Crippen molar-refractivity contribution in [2.45, 2.75) is 124 Å². The monoisotopic (exact) mass is 442 g/mol. The van der Waals surface area contributed by atoms with Gasteiger partial charge in [0.1, 0.15) is 0 Å². The second-order valence-electron chi connectivity index (χ2n) is 14.4. The zero-order valence-corrected chi connectivity index (χ0v) is 22.1. The maximum absolute atomic E-state index is 10.9. The Kier molecular flexibility index (Phi) is 5.36. The van der Waals surface area contributed by atoms with Gasteiger partial charge in [-0.2, -0.15) is 0 Å². The Morgan fingerprint density at radius 3 is 2.25 bits per heavy atom. The van der Waals surface area contributed by atoms with Crippen molar-refractivity contribution in [2.75, 3.05) is 6.61 Å². The highest BCUT2D eigenvalue weighted by molar-refractivity contribution is 5.18. The molecule has 4 aliphatic carbocycles. The van der Waals surface area contributed by atoms with E-state index in [1.807, 2.05) is 0 Å². The first-order valence-electron chi connectivity index (χ1n) is 13.9. The first-order chi connectivity index (χ1) is 14.9. The molecule has 1 heterocycles. The van der Waals surface area contributed by atoms with E-state index in [0.717, 1.165) is 24.9 Å². The molecule has 182 valence electrons. The lowest BCUT2D eigenvalue weighted by atomic mass is 9.35. The van der Waals surface area contributed by atoms with Crippen LogP contribution in [0.25, 0.3) is 0 Å². The second-order valence-corrected chi connectivity index (χ2v) is 14.4. The fourth-order valence-electron chi connectivity index (χ4n) is 10.8. The van der Waals surface area contributed by atoms with Crippen LogP contribution in [0.2, 0.25) is 0 Å². The minimum Gasteiger partial charge on any atom is -0.393 e. The van der Waals surface area contributed by atoms with Crippen LogP contribution in [0.4, 0.5) is 0 Å². The second kappa shape index (κ2) is 7.33. The Labute approximate surface area is 198 Å². The minimum atomic E-state index is -0.128. The van der Waals surface area contributed by atoms with Gasteiger partial charge in [-0.1, -0.05) is 46.3 Å². The maximum Gasteiger partial charge on any atom is 0.0692 e. The van der Waals surface area contributed by atoms with Crippen molar-refractivity contribution in [2.24, 2.45) is 45.3 Å². The van der Waals surface area contributed by atoms with E-state index < -0.39 is 0 Å². The van der Waals surface area contributed by atoms with Crippen molar-refractivity contribution >= 4 is 0 Å². The third-order valence-corrected chi connectivity index (χ3v) is 12.9. The van der Waals surface area contributed by atoms with Crippen LogP contribution in [0.15, 0.2) is 11.6 Å². The van der Waals surface area contributed by atoms with E-state index in [4.69, 9.17) is 4.74 Å². The summed E-state index contributed by atoms with van der Waals surface area (Å²) in [5, 5.41) is 10.9. The Bertz CT molecular complexity index is 784. The van der Waals surface area contributed by atoms with E-state index in [1.54, 1.807) is 0 Å². The van der Waals surface area contributed by atoms with E-state index in [1.165, 1.54) is 63.4 Å². The van der Waals surface area contributed by atoms with Gasteiger partial charge in [0, 0.05) is 0 Å². The van der Waals surface area contributed by atoms with Crippen molar-refractivity contribution in [3.63, 3.8) is 0 Å². The number of allylic oxidation sites excluding steroid dienone is 1. The third kappa shape index (κ3) is 2.96. The van der Waals surface area contributed by atoms with Gasteiger partial charge in [-0.25, -0.2) is 0 Å². The standard InChI is InChI=1S/C30H50O2/c1-20-9-8-15-30(7,32-19-20)22-12-17-28(5)21(22)10-11-24-27(4)16-14-25(31)26(2,3)23(27)13-18-29(24,28)6/h9,21-25,31H,8,10-19H2,1-7H3/t21-,22+,23+,24-,25+,27+,28-,29-,30+/m1/s1. The van der Waals surface area contributed by atoms with Crippen molar-refractivity contribution < 1.29 is 9.84 Å². The molecule has 5 aliphatic rings. The molecule has 1 N–H and O–H groups in total. The van der Waals surface area contributed by atoms with E-state index >= 15 is 0 Å². The highest BCUT2D eigenvalue weighted by Crippen LogP contribution is 2.76. The van der Waals surface area contributed by atoms with Gasteiger partial charge >= 0.3 is 0 Å². The van der Waals surface area contributed by atoms with Gasteiger partial charge in [-0.15, -0.1) is 0 Å². The van der Waals surface area contributed by atoms with Gasteiger partial charge in [0.15, 0.2) is 0 Å². The van der Waals surface area contributed by atoms with Crippen LogP contribution in [0.1, 0.15) is 113 Å². The lowest BCUT2D eigenvalue weighted by Gasteiger charge is -2.70. The van der Waals surface area contributed by atoms with Gasteiger partial charge in [-0.3, -0.25) is 0 Å². The van der Waals surface area contributed by atoms with Gasteiger partial charge in [0.25, 0.3) is 0 Å². The van der Waals surface area contributed by atoms with Crippen LogP contribution in [0.5, 0.6) is 0 Å². The lowest BCUT2D eigenvalue weighted by molar-refractivity contribution is -0.226. The maximum atomic E-state index is 10.9. The first-order valence-corrected chi connectivity index (χ1v) is 13.9. The SMILES string of the molecule is CC1=CCC[C@@](C)([C@H]2CC[C@]3(C)[C@@H]2CC[C@@H]2[C@@]4(C)CC[C@H](O)C(C)(C)[C@@H]4CC[C@]23C)OC1. The van der Waals surface area contributed by atoms with Crippen LogP contribution in [0, 0.1) is 45.3 Å². The quantitative estimate of drug-likeness (QED) is 0.425. The van der Waals surface area contributed by atoms with E-state index in [-0.39, 0.29) is 17.1 Å². The molecule has 0 aromatic heterocycles. The van der Waals surface area contributed by atoms with E-state index in [2.05, 4.69) is 54.5 Å². The Morgan fingerprint density at radius 2 is 1.50 bits per heavy atom. The summed E-state index contributed by atoms with van der Waals surface area (Å²) in [5.41, 5.74) is 2.73. The first kappa shape index (κ1) is 23.4. The molecule has 4 fully saturated rings. The fraction of sp³-hybridized carbons (Fsp3) is 0.933. The summed E-state index contributed by atoms with van der Waals surface area (Å²) in [5.74, 6) is 2.97. The number of rotatable bonds is 1. The molecule has 0 amide bonds. The van der Waals surface area contributed by atoms with Crippen LogP contribution in [-0.4, -0.2) is 23.4 Å². The molecule has 4 saturated carbocycles. The average Bonchev–Trinajstić information content (AvgIpc) is 2.99. The normalized spacial score (nSPS) is 55.2. The Morgan fingerprint density at radius 1 is 0.781 bits per heavy atom. The molecule has 0 aromatic carbocycles. The number of fused-ring (bicyclic) bond motifs is 5. The van der Waals surface area contributed by atoms with Crippen LogP contribution in [0.3, 0.4) is 0 Å². The summed E-state index contributed by atoms with van der Waals surface area (Å²) in [4.78, 5) is 0. The zero-order chi connectivity index (χ0) is 23.2. The molecule has 0 radical (unpaired) electrons. The van der Waals surface area contributed by atoms with Crippen LogP contribution < -0.4 is 0 Å². The molecular weight excluding hydrogens is 392 g/mol. The van der Waals surface area contributed by atoms with Crippen molar-refractivity contribution in [3.05, 3.63) is 11.6 Å². The molecule has 32 heavy (non-hydrogen) atoms. The highest BCUT2D eigenvalue weighted by Gasteiger charge is 2.69. The minimum absolute atomic E-state index is 0.0396. The average molecular weight is 443 g/mol. The Balaban J connectivity index is 1.46. The molecule has 5 rings (SSSR count). The van der Waals surface area contributed by atoms with Crippen molar-refractivity contribution in [1.29, 1.82) is 0 Å². The van der Waals surface area contributed by atoms with Gasteiger partial charge in [0.2, 0.25) is 0 Å². The van der Waals surface area contributed by atoms with Crippen molar-refractivity contribution in [1.82, 2.24) is 0 Å². The van der Waals surface area contributed by atoms with Crippen LogP contribution in [-0.2, 0) is 4.74 Å². The third-order valence-electron chi connectivity index (χ3n) is 12.9. The van der Waals surface area contributed by atoms with Gasteiger partial charge < -0.3 is 9.84 Å². The summed E-state index contributed by atoms with van der Waals surface area (Å²) >= 11 is 0.